The summed E-state index contributed by atoms with van der Waals surface area (Å²) in [7, 11) is 1.49. The van der Waals surface area contributed by atoms with Crippen LogP contribution in [0.5, 0.6) is 5.75 Å². The highest BCUT2D eigenvalue weighted by Gasteiger charge is 2.10. The Bertz CT molecular complexity index is 449. The Morgan fingerprint density at radius 3 is 2.61 bits per heavy atom. The number of carbonyl (C=O) groups excluding carboxylic acids is 2. The summed E-state index contributed by atoms with van der Waals surface area (Å²) < 4.78 is 30.4. The number of ether oxygens (including phenoxy) is 1. The zero-order valence-electron chi connectivity index (χ0n) is 9.83. The molecule has 0 aromatic heterocycles. The molecule has 1 N–H and O–H groups in total. The molecule has 1 rings (SSSR count). The van der Waals surface area contributed by atoms with Gasteiger partial charge in [0.25, 0.3) is 0 Å². The molecule has 0 heterocycles. The average molecular weight is 257 g/mol. The summed E-state index contributed by atoms with van der Waals surface area (Å²) >= 11 is 0. The summed E-state index contributed by atoms with van der Waals surface area (Å²) in [5, 5.41) is 2.41. The Kier molecular flexibility index (Phi) is 5.23. The lowest BCUT2D eigenvalue weighted by Crippen LogP contribution is -2.18. The van der Waals surface area contributed by atoms with Gasteiger partial charge in [0.05, 0.1) is 0 Å². The molecule has 1 aromatic rings. The summed E-state index contributed by atoms with van der Waals surface area (Å²) in [5.41, 5.74) is 0. The SMILES string of the molecule is CNC(=O)CCCC(=O)Oc1ccc(F)cc1F. The van der Waals surface area contributed by atoms with Crippen LogP contribution in [0.3, 0.4) is 0 Å². The summed E-state index contributed by atoms with van der Waals surface area (Å²) in [6, 6.07) is 2.67. The van der Waals surface area contributed by atoms with Gasteiger partial charge in [-0.2, -0.15) is 0 Å². The van der Waals surface area contributed by atoms with Crippen LogP contribution in [-0.4, -0.2) is 18.9 Å². The van der Waals surface area contributed by atoms with Crippen LogP contribution in [0.15, 0.2) is 18.2 Å². The van der Waals surface area contributed by atoms with Gasteiger partial charge in [0.2, 0.25) is 5.91 Å². The average Bonchev–Trinajstić information content (AvgIpc) is 2.32. The third-order valence-electron chi connectivity index (χ3n) is 2.18. The first-order chi connectivity index (χ1) is 8.52. The second-order valence-electron chi connectivity index (χ2n) is 3.58. The predicted molar refractivity (Wildman–Crippen MR) is 59.9 cm³/mol. The zero-order chi connectivity index (χ0) is 13.5. The molecular formula is C12H13F2NO3. The number of nitrogens with one attached hydrogen (secondary N) is 1. The van der Waals surface area contributed by atoms with Crippen molar-refractivity contribution < 1.29 is 23.1 Å². The van der Waals surface area contributed by atoms with Crippen LogP contribution in [0.4, 0.5) is 8.78 Å². The molecule has 0 radical (unpaired) electrons. The molecule has 0 aliphatic rings. The largest absolute Gasteiger partial charge is 0.423 e. The number of amides is 1. The fourth-order valence-corrected chi connectivity index (χ4v) is 1.25. The van der Waals surface area contributed by atoms with Crippen molar-refractivity contribution in [2.75, 3.05) is 7.05 Å². The van der Waals surface area contributed by atoms with Crippen LogP contribution in [0.25, 0.3) is 0 Å². The van der Waals surface area contributed by atoms with Crippen LogP contribution in [-0.2, 0) is 9.59 Å². The first kappa shape index (κ1) is 14.1. The van der Waals surface area contributed by atoms with Crippen molar-refractivity contribution in [3.8, 4) is 5.75 Å². The van der Waals surface area contributed by atoms with E-state index in [1.54, 1.807) is 0 Å². The van der Waals surface area contributed by atoms with E-state index in [2.05, 4.69) is 5.32 Å². The van der Waals surface area contributed by atoms with E-state index in [0.717, 1.165) is 12.1 Å². The third-order valence-corrected chi connectivity index (χ3v) is 2.18. The van der Waals surface area contributed by atoms with E-state index >= 15 is 0 Å². The van der Waals surface area contributed by atoms with Gasteiger partial charge in [-0.15, -0.1) is 0 Å². The lowest BCUT2D eigenvalue weighted by atomic mass is 10.2. The maximum absolute atomic E-state index is 13.1. The van der Waals surface area contributed by atoms with Gasteiger partial charge < -0.3 is 10.1 Å². The molecule has 0 bridgehead atoms. The Balaban J connectivity index is 2.42. The van der Waals surface area contributed by atoms with E-state index in [1.165, 1.54) is 7.05 Å². The standard InChI is InChI=1S/C12H13F2NO3/c1-15-11(16)3-2-4-12(17)18-10-6-5-8(13)7-9(10)14/h5-7H,2-4H2,1H3,(H,15,16). The summed E-state index contributed by atoms with van der Waals surface area (Å²) in [5.74, 6) is -2.84. The minimum atomic E-state index is -0.936. The minimum Gasteiger partial charge on any atom is -0.423 e. The van der Waals surface area contributed by atoms with Crippen LogP contribution in [0.2, 0.25) is 0 Å². The van der Waals surface area contributed by atoms with Crippen molar-refractivity contribution in [3.63, 3.8) is 0 Å². The molecular weight excluding hydrogens is 244 g/mol. The van der Waals surface area contributed by atoms with Crippen LogP contribution in [0, 0.1) is 11.6 Å². The van der Waals surface area contributed by atoms with E-state index < -0.39 is 17.6 Å². The smallest absolute Gasteiger partial charge is 0.311 e. The lowest BCUT2D eigenvalue weighted by Gasteiger charge is -2.05. The van der Waals surface area contributed by atoms with E-state index in [4.69, 9.17) is 4.74 Å². The fourth-order valence-electron chi connectivity index (χ4n) is 1.25. The highest BCUT2D eigenvalue weighted by Crippen LogP contribution is 2.18. The monoisotopic (exact) mass is 257 g/mol. The highest BCUT2D eigenvalue weighted by molar-refractivity contribution is 5.77. The quantitative estimate of drug-likeness (QED) is 0.646. The molecule has 18 heavy (non-hydrogen) atoms. The molecule has 0 fully saturated rings. The van der Waals surface area contributed by atoms with Gasteiger partial charge in [-0.05, 0) is 18.6 Å². The first-order valence-electron chi connectivity index (χ1n) is 5.39. The Morgan fingerprint density at radius 1 is 1.28 bits per heavy atom. The molecule has 1 aromatic carbocycles. The van der Waals surface area contributed by atoms with Crippen molar-refractivity contribution in [3.05, 3.63) is 29.8 Å². The minimum absolute atomic E-state index is 0.00969. The van der Waals surface area contributed by atoms with Gasteiger partial charge in [-0.25, -0.2) is 8.78 Å². The third kappa shape index (κ3) is 4.48. The van der Waals surface area contributed by atoms with Crippen LogP contribution >= 0.6 is 0 Å². The van der Waals surface area contributed by atoms with Crippen LogP contribution in [0.1, 0.15) is 19.3 Å². The molecule has 98 valence electrons. The van der Waals surface area contributed by atoms with Gasteiger partial charge in [0, 0.05) is 26.0 Å². The van der Waals surface area contributed by atoms with Crippen LogP contribution < -0.4 is 10.1 Å². The van der Waals surface area contributed by atoms with Gasteiger partial charge >= 0.3 is 5.97 Å². The number of esters is 1. The fraction of sp³-hybridized carbons (Fsp3) is 0.333. The topological polar surface area (TPSA) is 55.4 Å². The van der Waals surface area contributed by atoms with Gasteiger partial charge in [-0.1, -0.05) is 0 Å². The summed E-state index contributed by atoms with van der Waals surface area (Å²) in [4.78, 5) is 22.2. The molecule has 6 heteroatoms. The second-order valence-corrected chi connectivity index (χ2v) is 3.58. The number of halogens is 2. The molecule has 0 spiro atoms. The van der Waals surface area contributed by atoms with E-state index in [-0.39, 0.29) is 24.5 Å². The highest BCUT2D eigenvalue weighted by atomic mass is 19.1. The number of hydrogen-bond acceptors (Lipinski definition) is 3. The predicted octanol–water partition coefficient (Wildman–Crippen LogP) is 1.79. The zero-order valence-corrected chi connectivity index (χ0v) is 9.83. The van der Waals surface area contributed by atoms with Crippen molar-refractivity contribution >= 4 is 11.9 Å². The maximum atomic E-state index is 13.1. The van der Waals surface area contributed by atoms with Crippen molar-refractivity contribution in [1.29, 1.82) is 0 Å². The molecule has 0 aliphatic carbocycles. The molecule has 0 aliphatic heterocycles. The van der Waals surface area contributed by atoms with Gasteiger partial charge in [0.15, 0.2) is 11.6 Å². The van der Waals surface area contributed by atoms with Gasteiger partial charge in [-0.3, -0.25) is 9.59 Å². The molecule has 0 saturated carbocycles. The molecule has 0 saturated heterocycles. The second kappa shape index (κ2) is 6.68. The van der Waals surface area contributed by atoms with Crippen molar-refractivity contribution in [1.82, 2.24) is 5.32 Å². The van der Waals surface area contributed by atoms with Gasteiger partial charge in [0.1, 0.15) is 5.82 Å². The normalized spacial score (nSPS) is 9.94. The summed E-state index contributed by atoms with van der Waals surface area (Å²) in [6.45, 7) is 0. The first-order valence-corrected chi connectivity index (χ1v) is 5.39. The van der Waals surface area contributed by atoms with E-state index in [1.807, 2.05) is 0 Å². The maximum Gasteiger partial charge on any atom is 0.311 e. The van der Waals surface area contributed by atoms with Crippen molar-refractivity contribution in [2.24, 2.45) is 0 Å². The molecule has 4 nitrogen and oxygen atoms in total. The number of carbonyl (C=O) groups is 2. The lowest BCUT2D eigenvalue weighted by molar-refractivity contribution is -0.134. The van der Waals surface area contributed by atoms with E-state index in [9.17, 15) is 18.4 Å². The number of hydrogen-bond donors (Lipinski definition) is 1. The Hall–Kier alpha value is -1.98. The Labute approximate surface area is 103 Å². The summed E-state index contributed by atoms with van der Waals surface area (Å²) in [6.07, 6.45) is 0.489. The molecule has 0 unspecified atom stereocenters. The van der Waals surface area contributed by atoms with Crippen molar-refractivity contribution in [2.45, 2.75) is 19.3 Å². The number of rotatable bonds is 5. The molecule has 1 amide bonds. The molecule has 0 atom stereocenters. The Morgan fingerprint density at radius 2 is 2.00 bits per heavy atom. The van der Waals surface area contributed by atoms with E-state index in [0.29, 0.717) is 12.5 Å². The number of benzene rings is 1.